The van der Waals surface area contributed by atoms with Crippen LogP contribution in [-0.4, -0.2) is 17.3 Å². The van der Waals surface area contributed by atoms with Crippen LogP contribution in [0.25, 0.3) is 0 Å². The highest BCUT2D eigenvalue weighted by atomic mass is 16.2. The van der Waals surface area contributed by atoms with Gasteiger partial charge in [-0.25, -0.2) is 0 Å². The molecule has 0 spiro atoms. The molecule has 0 amide bonds. The van der Waals surface area contributed by atoms with Gasteiger partial charge >= 0.3 is 0 Å². The molecule has 0 heterocycles. The summed E-state index contributed by atoms with van der Waals surface area (Å²) in [6, 6.07) is 0. The molecule has 0 aromatic carbocycles. The minimum Gasteiger partial charge on any atom is -0.299 e. The second-order valence-corrected chi connectivity index (χ2v) is 7.78. The molecule has 0 saturated heterocycles. The molecule has 0 N–H and O–H groups in total. The van der Waals surface area contributed by atoms with Crippen LogP contribution in [0.3, 0.4) is 0 Å². The zero-order valence-corrected chi connectivity index (χ0v) is 18.5. The van der Waals surface area contributed by atoms with Crippen molar-refractivity contribution in [1.82, 2.24) is 0 Å². The zero-order valence-electron chi connectivity index (χ0n) is 18.5. The van der Waals surface area contributed by atoms with Gasteiger partial charge < -0.3 is 0 Å². The van der Waals surface area contributed by atoms with Crippen molar-refractivity contribution in [3.05, 3.63) is 46.6 Å². The molecule has 2 atom stereocenters. The van der Waals surface area contributed by atoms with Gasteiger partial charge in [-0.05, 0) is 63.2 Å². The third kappa shape index (κ3) is 8.94. The first-order valence-electron chi connectivity index (χ1n) is 9.75. The molecule has 3 heteroatoms. The Hall–Kier alpha value is -2.03. The van der Waals surface area contributed by atoms with E-state index in [0.29, 0.717) is 17.9 Å². The number of hydrogen-bond acceptors (Lipinski definition) is 3. The normalized spacial score (nSPS) is 16.4. The van der Waals surface area contributed by atoms with Gasteiger partial charge in [0.15, 0.2) is 11.6 Å². The van der Waals surface area contributed by atoms with Crippen molar-refractivity contribution in [2.45, 2.75) is 68.7 Å². The average Bonchev–Trinajstić information content (AvgIpc) is 2.57. The highest BCUT2D eigenvalue weighted by Gasteiger charge is 2.20. The largest absolute Gasteiger partial charge is 0.299 e. The molecule has 0 unspecified atom stereocenters. The molecule has 0 fully saturated rings. The summed E-state index contributed by atoms with van der Waals surface area (Å²) in [4.78, 5) is 36.4. The summed E-state index contributed by atoms with van der Waals surface area (Å²) >= 11 is 0. The lowest BCUT2D eigenvalue weighted by Gasteiger charge is -2.09. The van der Waals surface area contributed by atoms with Gasteiger partial charge in [-0.1, -0.05) is 57.6 Å². The second-order valence-electron chi connectivity index (χ2n) is 7.78. The Morgan fingerprint density at radius 1 is 0.778 bits per heavy atom. The van der Waals surface area contributed by atoms with E-state index in [-0.39, 0.29) is 23.3 Å². The third-order valence-corrected chi connectivity index (χ3v) is 4.40. The molecule has 0 radical (unpaired) electrons. The van der Waals surface area contributed by atoms with E-state index in [0.717, 1.165) is 16.7 Å². The van der Waals surface area contributed by atoms with Gasteiger partial charge in [0.2, 0.25) is 0 Å². The van der Waals surface area contributed by atoms with E-state index in [4.69, 9.17) is 0 Å². The summed E-state index contributed by atoms with van der Waals surface area (Å²) in [7, 11) is 0. The monoisotopic (exact) mass is 372 g/mol. The smallest absolute Gasteiger partial charge is 0.183 e. The van der Waals surface area contributed by atoms with E-state index in [1.807, 2.05) is 52.0 Å². The summed E-state index contributed by atoms with van der Waals surface area (Å²) in [5, 5.41) is 0. The van der Waals surface area contributed by atoms with E-state index >= 15 is 0 Å². The van der Waals surface area contributed by atoms with Gasteiger partial charge in [-0.2, -0.15) is 0 Å². The van der Waals surface area contributed by atoms with Crippen molar-refractivity contribution in [2.24, 2.45) is 17.8 Å². The molecule has 0 aromatic heterocycles. The molecule has 0 aliphatic rings. The lowest BCUT2D eigenvalue weighted by atomic mass is 9.93. The standard InChI is InChI=1S/C24H36O3/c1-10-22(25)21(9)24(27)20(8)14-17(5)12-16(4)13-19(7)23(26)18(6)11-15(2)3/h11-16,21H,10H2,1-9H3/b17-12+,18-11+,19-13+,20-14+/t16-,21-/m0/s1. The van der Waals surface area contributed by atoms with Gasteiger partial charge in [-0.3, -0.25) is 14.4 Å². The van der Waals surface area contributed by atoms with Gasteiger partial charge in [-0.15, -0.1) is 0 Å². The summed E-state index contributed by atoms with van der Waals surface area (Å²) in [6.07, 6.45) is 8.11. The first-order valence-corrected chi connectivity index (χ1v) is 9.75. The second kappa shape index (κ2) is 11.6. The third-order valence-electron chi connectivity index (χ3n) is 4.40. The highest BCUT2D eigenvalue weighted by Crippen LogP contribution is 2.16. The van der Waals surface area contributed by atoms with Crippen LogP contribution in [0.1, 0.15) is 68.7 Å². The first-order chi connectivity index (χ1) is 12.4. The Labute approximate surface area is 165 Å². The number of rotatable bonds is 10. The lowest BCUT2D eigenvalue weighted by Crippen LogP contribution is -2.21. The number of hydrogen-bond donors (Lipinski definition) is 0. The Bertz CT molecular complexity index is 684. The number of carbonyl (C=O) groups is 3. The summed E-state index contributed by atoms with van der Waals surface area (Å²) in [6.45, 7) is 16.9. The van der Waals surface area contributed by atoms with Crippen LogP contribution >= 0.6 is 0 Å². The molecule has 0 bridgehead atoms. The summed E-state index contributed by atoms with van der Waals surface area (Å²) in [5.41, 5.74) is 3.01. The van der Waals surface area contributed by atoms with E-state index in [2.05, 4.69) is 13.8 Å². The van der Waals surface area contributed by atoms with Crippen molar-refractivity contribution in [3.8, 4) is 0 Å². The fraction of sp³-hybridized carbons (Fsp3) is 0.542. The Morgan fingerprint density at radius 3 is 1.78 bits per heavy atom. The molecule has 27 heavy (non-hydrogen) atoms. The maximum Gasteiger partial charge on any atom is 0.183 e. The first kappa shape index (κ1) is 25.0. The fourth-order valence-electron chi connectivity index (χ4n) is 3.07. The fourth-order valence-corrected chi connectivity index (χ4v) is 3.07. The average molecular weight is 373 g/mol. The molecule has 3 nitrogen and oxygen atoms in total. The number of allylic oxidation sites excluding steroid dienone is 8. The molecule has 150 valence electrons. The SMILES string of the molecule is CCC(=O)[C@H](C)C(=O)/C(C)=C/C(C)=C/[C@H](C)/C=C(\C)C(=O)/C(C)=C/C(C)C. The number of Topliss-reactive ketones (excluding diaryl/α,β-unsaturated/α-hetero) is 3. The molecule has 0 aromatic rings. The Kier molecular flexibility index (Phi) is 10.8. The number of ketones is 3. The van der Waals surface area contributed by atoms with Crippen LogP contribution in [0.5, 0.6) is 0 Å². The van der Waals surface area contributed by atoms with Gasteiger partial charge in [0.25, 0.3) is 0 Å². The van der Waals surface area contributed by atoms with Crippen LogP contribution in [-0.2, 0) is 14.4 Å². The van der Waals surface area contributed by atoms with Crippen LogP contribution in [0, 0.1) is 17.8 Å². The van der Waals surface area contributed by atoms with Gasteiger partial charge in [0.1, 0.15) is 5.78 Å². The maximum absolute atomic E-state index is 12.4. The Balaban J connectivity index is 5.26. The molecular formula is C24H36O3. The van der Waals surface area contributed by atoms with E-state index < -0.39 is 5.92 Å². The highest BCUT2D eigenvalue weighted by molar-refractivity contribution is 6.09. The minimum atomic E-state index is -0.591. The van der Waals surface area contributed by atoms with Crippen molar-refractivity contribution in [2.75, 3.05) is 0 Å². The quantitative estimate of drug-likeness (QED) is 0.276. The van der Waals surface area contributed by atoms with Crippen LogP contribution in [0.15, 0.2) is 46.6 Å². The van der Waals surface area contributed by atoms with Crippen LogP contribution < -0.4 is 0 Å². The predicted molar refractivity (Wildman–Crippen MR) is 114 cm³/mol. The summed E-state index contributed by atoms with van der Waals surface area (Å²) < 4.78 is 0. The predicted octanol–water partition coefficient (Wildman–Crippen LogP) is 5.82. The van der Waals surface area contributed by atoms with E-state index in [1.165, 1.54) is 0 Å². The van der Waals surface area contributed by atoms with Crippen LogP contribution in [0.2, 0.25) is 0 Å². The van der Waals surface area contributed by atoms with Crippen LogP contribution in [0.4, 0.5) is 0 Å². The van der Waals surface area contributed by atoms with E-state index in [9.17, 15) is 14.4 Å². The summed E-state index contributed by atoms with van der Waals surface area (Å²) in [5.74, 6) is -0.283. The Morgan fingerprint density at radius 2 is 1.30 bits per heavy atom. The van der Waals surface area contributed by atoms with Crippen molar-refractivity contribution < 1.29 is 14.4 Å². The molecular weight excluding hydrogens is 336 g/mol. The number of carbonyl (C=O) groups excluding carboxylic acids is 3. The molecule has 0 aliphatic heterocycles. The molecule has 0 aliphatic carbocycles. The van der Waals surface area contributed by atoms with Crippen molar-refractivity contribution >= 4 is 17.3 Å². The zero-order chi connectivity index (χ0) is 21.3. The van der Waals surface area contributed by atoms with Gasteiger partial charge in [0.05, 0.1) is 5.92 Å². The van der Waals surface area contributed by atoms with Crippen molar-refractivity contribution in [1.29, 1.82) is 0 Å². The van der Waals surface area contributed by atoms with E-state index in [1.54, 1.807) is 20.8 Å². The maximum atomic E-state index is 12.4. The topological polar surface area (TPSA) is 51.2 Å². The van der Waals surface area contributed by atoms with Gasteiger partial charge in [0, 0.05) is 6.42 Å². The van der Waals surface area contributed by atoms with Crippen molar-refractivity contribution in [3.63, 3.8) is 0 Å². The molecule has 0 rings (SSSR count). The lowest BCUT2D eigenvalue weighted by molar-refractivity contribution is -0.129. The molecule has 0 saturated carbocycles. The minimum absolute atomic E-state index is 0.0374.